The van der Waals surface area contributed by atoms with E-state index in [9.17, 15) is 19.8 Å². The van der Waals surface area contributed by atoms with Gasteiger partial charge in [0.25, 0.3) is 0 Å². The third-order valence-electron chi connectivity index (χ3n) is 4.62. The number of likely N-dealkylation sites (tertiary alicyclic amines) is 2. The molecule has 4 atom stereocenters. The zero-order chi connectivity index (χ0) is 22.0. The highest BCUT2D eigenvalue weighted by Gasteiger charge is 2.40. The van der Waals surface area contributed by atoms with E-state index in [2.05, 4.69) is 0 Å². The Morgan fingerprint density at radius 3 is 1.41 bits per heavy atom. The fraction of sp³-hybridized carbons (Fsp3) is 0.900. The average Bonchev–Trinajstić information content (AvgIpc) is 2.51. The highest BCUT2D eigenvalue weighted by atomic mass is 16.6. The van der Waals surface area contributed by atoms with Crippen LogP contribution in [0, 0.1) is 0 Å². The Morgan fingerprint density at radius 1 is 0.759 bits per heavy atom. The Hall–Kier alpha value is -1.58. The number of piperidine rings is 2. The van der Waals surface area contributed by atoms with Crippen LogP contribution in [0.4, 0.5) is 9.59 Å². The Balaban J connectivity index is 2.15. The smallest absolute Gasteiger partial charge is 0.412 e. The van der Waals surface area contributed by atoms with E-state index in [4.69, 9.17) is 14.2 Å². The molecule has 9 heteroatoms. The van der Waals surface area contributed by atoms with E-state index in [1.54, 1.807) is 41.5 Å². The van der Waals surface area contributed by atoms with Gasteiger partial charge in [0, 0.05) is 25.9 Å². The molecule has 2 rings (SSSR count). The molecule has 168 valence electrons. The van der Waals surface area contributed by atoms with Crippen molar-refractivity contribution in [1.82, 2.24) is 9.80 Å². The van der Waals surface area contributed by atoms with Gasteiger partial charge in [0.15, 0.2) is 0 Å². The maximum atomic E-state index is 12.6. The monoisotopic (exact) mass is 416 g/mol. The van der Waals surface area contributed by atoms with Crippen LogP contribution in [0.3, 0.4) is 0 Å². The molecule has 2 fully saturated rings. The van der Waals surface area contributed by atoms with E-state index >= 15 is 0 Å². The van der Waals surface area contributed by atoms with E-state index < -0.39 is 48.1 Å². The van der Waals surface area contributed by atoms with Gasteiger partial charge < -0.3 is 24.4 Å². The number of hydrogen-bond donors (Lipinski definition) is 2. The van der Waals surface area contributed by atoms with Crippen LogP contribution in [-0.2, 0) is 14.2 Å². The summed E-state index contributed by atoms with van der Waals surface area (Å²) in [6.07, 6.45) is -2.61. The van der Waals surface area contributed by atoms with Crippen LogP contribution in [0.2, 0.25) is 0 Å². The number of carbonyl (C=O) groups excluding carboxylic acids is 2. The molecule has 0 aromatic carbocycles. The lowest BCUT2D eigenvalue weighted by Gasteiger charge is -2.44. The predicted octanol–water partition coefficient (Wildman–Crippen LogP) is 2.44. The van der Waals surface area contributed by atoms with E-state index in [-0.39, 0.29) is 25.9 Å². The lowest BCUT2D eigenvalue weighted by Crippen LogP contribution is -2.56. The molecule has 2 N–H and O–H groups in total. The quantitative estimate of drug-likeness (QED) is 0.712. The summed E-state index contributed by atoms with van der Waals surface area (Å²) in [5, 5.41) is 20.2. The number of rotatable bonds is 2. The molecule has 0 aromatic rings. The predicted molar refractivity (Wildman–Crippen MR) is 105 cm³/mol. The molecule has 0 spiro atoms. The summed E-state index contributed by atoms with van der Waals surface area (Å²) >= 11 is 0. The second kappa shape index (κ2) is 9.06. The lowest BCUT2D eigenvalue weighted by atomic mass is 10.0. The number of aliphatic hydroxyl groups excluding tert-OH is 2. The summed E-state index contributed by atoms with van der Waals surface area (Å²) in [5.41, 5.74) is -1.33. The van der Waals surface area contributed by atoms with Gasteiger partial charge in [-0.15, -0.1) is 0 Å². The fourth-order valence-electron chi connectivity index (χ4n) is 3.32. The first-order valence-electron chi connectivity index (χ1n) is 10.3. The maximum absolute atomic E-state index is 12.6. The molecule has 2 aliphatic rings. The highest BCUT2D eigenvalue weighted by Crippen LogP contribution is 2.28. The fourth-order valence-corrected chi connectivity index (χ4v) is 3.32. The third-order valence-corrected chi connectivity index (χ3v) is 4.62. The van der Waals surface area contributed by atoms with E-state index in [1.165, 1.54) is 9.80 Å². The van der Waals surface area contributed by atoms with Crippen molar-refractivity contribution in [2.24, 2.45) is 0 Å². The van der Waals surface area contributed by atoms with Gasteiger partial charge in [0.05, 0.1) is 12.2 Å². The molecule has 0 aliphatic carbocycles. The molecule has 0 aromatic heterocycles. The van der Waals surface area contributed by atoms with Crippen LogP contribution < -0.4 is 0 Å². The molecule has 0 bridgehead atoms. The van der Waals surface area contributed by atoms with Crippen molar-refractivity contribution < 1.29 is 34.0 Å². The highest BCUT2D eigenvalue weighted by molar-refractivity contribution is 5.69. The molecule has 2 aliphatic heterocycles. The van der Waals surface area contributed by atoms with Gasteiger partial charge in [-0.05, 0) is 54.4 Å². The summed E-state index contributed by atoms with van der Waals surface area (Å²) in [6, 6.07) is 0. The van der Waals surface area contributed by atoms with Crippen molar-refractivity contribution >= 4 is 12.2 Å². The van der Waals surface area contributed by atoms with Crippen molar-refractivity contribution in [2.45, 2.75) is 103 Å². The van der Waals surface area contributed by atoms with Crippen molar-refractivity contribution in [1.29, 1.82) is 0 Å². The van der Waals surface area contributed by atoms with Gasteiger partial charge in [-0.2, -0.15) is 0 Å². The van der Waals surface area contributed by atoms with E-state index in [0.29, 0.717) is 12.8 Å². The second-order valence-electron chi connectivity index (χ2n) is 9.75. The molecule has 9 nitrogen and oxygen atoms in total. The maximum Gasteiger partial charge on any atom is 0.412 e. The second-order valence-corrected chi connectivity index (χ2v) is 9.75. The molecule has 2 saturated heterocycles. The first-order valence-corrected chi connectivity index (χ1v) is 10.3. The molecule has 0 radical (unpaired) electrons. The van der Waals surface area contributed by atoms with Crippen LogP contribution in [-0.4, -0.2) is 81.2 Å². The van der Waals surface area contributed by atoms with Crippen LogP contribution in [0.15, 0.2) is 0 Å². The normalized spacial score (nSPS) is 28.8. The minimum absolute atomic E-state index is 0.202. The van der Waals surface area contributed by atoms with Crippen molar-refractivity contribution in [2.75, 3.05) is 13.1 Å². The van der Waals surface area contributed by atoms with Crippen LogP contribution in [0.25, 0.3) is 0 Å². The largest absolute Gasteiger partial charge is 0.444 e. The van der Waals surface area contributed by atoms with Gasteiger partial charge in [-0.3, -0.25) is 9.80 Å². The van der Waals surface area contributed by atoms with Crippen LogP contribution in [0.5, 0.6) is 0 Å². The van der Waals surface area contributed by atoms with E-state index in [0.717, 1.165) is 0 Å². The number of aliphatic hydroxyl groups is 2. The Labute approximate surface area is 172 Å². The van der Waals surface area contributed by atoms with E-state index in [1.807, 2.05) is 0 Å². The summed E-state index contributed by atoms with van der Waals surface area (Å²) in [7, 11) is 0. The summed E-state index contributed by atoms with van der Waals surface area (Å²) < 4.78 is 17.0. The van der Waals surface area contributed by atoms with Crippen molar-refractivity contribution in [3.8, 4) is 0 Å². The lowest BCUT2D eigenvalue weighted by molar-refractivity contribution is -0.187. The first-order chi connectivity index (χ1) is 13.2. The third kappa shape index (κ3) is 7.31. The topological polar surface area (TPSA) is 109 Å². The minimum Gasteiger partial charge on any atom is -0.444 e. The zero-order valence-corrected chi connectivity index (χ0v) is 18.4. The van der Waals surface area contributed by atoms with Gasteiger partial charge in [0.2, 0.25) is 0 Å². The SMILES string of the molecule is CC(C)(C)OC(=O)N1CCC(O)CC1OC1CC(O)CCN1C(=O)OC(C)(C)C. The number of carbonyl (C=O) groups is 2. The zero-order valence-electron chi connectivity index (χ0n) is 18.4. The summed E-state index contributed by atoms with van der Waals surface area (Å²) in [4.78, 5) is 28.1. The number of ether oxygens (including phenoxy) is 3. The van der Waals surface area contributed by atoms with Gasteiger partial charge >= 0.3 is 12.2 Å². The molecular weight excluding hydrogens is 380 g/mol. The molecule has 4 unspecified atom stereocenters. The Kier molecular flexibility index (Phi) is 7.40. The average molecular weight is 417 g/mol. The summed E-state index contributed by atoms with van der Waals surface area (Å²) in [6.45, 7) is 11.2. The van der Waals surface area contributed by atoms with Crippen LogP contribution in [0.1, 0.15) is 67.2 Å². The van der Waals surface area contributed by atoms with Gasteiger partial charge in [0.1, 0.15) is 23.7 Å². The first kappa shape index (κ1) is 23.7. The van der Waals surface area contributed by atoms with Crippen molar-refractivity contribution in [3.05, 3.63) is 0 Å². The Morgan fingerprint density at radius 2 is 1.10 bits per heavy atom. The van der Waals surface area contributed by atoms with Gasteiger partial charge in [-0.25, -0.2) is 9.59 Å². The number of hydrogen-bond acceptors (Lipinski definition) is 7. The standard InChI is InChI=1S/C20H36N2O7/c1-19(2,3)28-17(25)21-9-7-13(23)11-15(21)27-16-12-14(24)8-10-22(16)18(26)29-20(4,5)6/h13-16,23-24H,7-12H2,1-6H3. The molecule has 0 saturated carbocycles. The van der Waals surface area contributed by atoms with Gasteiger partial charge in [-0.1, -0.05) is 0 Å². The van der Waals surface area contributed by atoms with Crippen LogP contribution >= 0.6 is 0 Å². The minimum atomic E-state index is -0.770. The Bertz CT molecular complexity index is 534. The molecular formula is C20H36N2O7. The summed E-state index contributed by atoms with van der Waals surface area (Å²) in [5.74, 6) is 0. The number of amides is 2. The molecule has 2 heterocycles. The molecule has 29 heavy (non-hydrogen) atoms. The number of nitrogens with zero attached hydrogens (tertiary/aromatic N) is 2. The molecule has 2 amide bonds. The van der Waals surface area contributed by atoms with Crippen molar-refractivity contribution in [3.63, 3.8) is 0 Å².